The summed E-state index contributed by atoms with van der Waals surface area (Å²) in [4.78, 5) is 35.2. The first-order chi connectivity index (χ1) is 19.9. The third-order valence-corrected chi connectivity index (χ3v) is 7.50. The summed E-state index contributed by atoms with van der Waals surface area (Å²) in [6.07, 6.45) is 3.58. The minimum atomic E-state index is -0.427. The second-order valence-electron chi connectivity index (χ2n) is 10.7. The van der Waals surface area contributed by atoms with Gasteiger partial charge in [-0.15, -0.1) is 0 Å². The number of benzene rings is 1. The highest BCUT2D eigenvalue weighted by Gasteiger charge is 2.22. The van der Waals surface area contributed by atoms with Crippen molar-refractivity contribution < 1.29 is 33.3 Å². The van der Waals surface area contributed by atoms with Crippen LogP contribution in [0.4, 0.5) is 0 Å². The summed E-state index contributed by atoms with van der Waals surface area (Å²) in [5, 5.41) is 0. The molecule has 1 aromatic carbocycles. The molecule has 1 fully saturated rings. The van der Waals surface area contributed by atoms with Crippen LogP contribution in [0.15, 0.2) is 24.3 Å². The maximum Gasteiger partial charge on any atom is 0.338 e. The van der Waals surface area contributed by atoms with Crippen molar-refractivity contribution in [2.45, 2.75) is 52.1 Å². The lowest BCUT2D eigenvalue weighted by Gasteiger charge is -2.24. The van der Waals surface area contributed by atoms with E-state index in [4.69, 9.17) is 23.7 Å². The van der Waals surface area contributed by atoms with Gasteiger partial charge in [0.25, 0.3) is 0 Å². The maximum absolute atomic E-state index is 13.1. The minimum absolute atomic E-state index is 0.265. The monoisotopic (exact) mass is 569 g/mol. The first kappa shape index (κ1) is 30.6. The molecule has 10 nitrogen and oxygen atoms in total. The van der Waals surface area contributed by atoms with E-state index in [-0.39, 0.29) is 12.1 Å². The molecule has 1 saturated heterocycles. The second kappa shape index (κ2) is 15.0. The van der Waals surface area contributed by atoms with Gasteiger partial charge in [-0.25, -0.2) is 9.59 Å². The van der Waals surface area contributed by atoms with Crippen LogP contribution in [0.2, 0.25) is 0 Å². The molecular formula is C31H43N3O7. The van der Waals surface area contributed by atoms with E-state index >= 15 is 0 Å². The molecule has 2 aliphatic heterocycles. The predicted molar refractivity (Wildman–Crippen MR) is 154 cm³/mol. The van der Waals surface area contributed by atoms with E-state index in [1.54, 1.807) is 24.3 Å². The van der Waals surface area contributed by atoms with Crippen LogP contribution in [0.1, 0.15) is 64.2 Å². The normalized spacial score (nSPS) is 22.6. The van der Waals surface area contributed by atoms with Gasteiger partial charge in [0.1, 0.15) is 6.10 Å². The summed E-state index contributed by atoms with van der Waals surface area (Å²) in [7, 11) is 3.05. The van der Waals surface area contributed by atoms with Gasteiger partial charge < -0.3 is 33.5 Å². The molecular weight excluding hydrogens is 526 g/mol. The topological polar surface area (TPSA) is 99.7 Å². The SMILES string of the molecule is COc1cc2cc(c1OC)OCCCC(OC(=O)c1cc(C)nc(C)c1)CCN1CCCN(CCCOC2=O)CC1. The van der Waals surface area contributed by atoms with E-state index in [1.807, 2.05) is 13.8 Å². The zero-order valence-corrected chi connectivity index (χ0v) is 24.8. The van der Waals surface area contributed by atoms with Crippen molar-refractivity contribution in [1.29, 1.82) is 0 Å². The van der Waals surface area contributed by atoms with E-state index in [9.17, 15) is 9.59 Å². The molecule has 2 aliphatic rings. The first-order valence-corrected chi connectivity index (χ1v) is 14.5. The molecule has 224 valence electrons. The molecule has 0 saturated carbocycles. The van der Waals surface area contributed by atoms with Crippen molar-refractivity contribution in [1.82, 2.24) is 14.8 Å². The number of aryl methyl sites for hydroxylation is 2. The van der Waals surface area contributed by atoms with Crippen molar-refractivity contribution >= 4 is 11.9 Å². The lowest BCUT2D eigenvalue weighted by Crippen LogP contribution is -2.34. The third-order valence-electron chi connectivity index (χ3n) is 7.50. The third kappa shape index (κ3) is 8.81. The Balaban J connectivity index is 1.52. The lowest BCUT2D eigenvalue weighted by atomic mass is 10.1. The molecule has 4 rings (SSSR count). The molecule has 3 atom stereocenters. The molecule has 0 radical (unpaired) electrons. The highest BCUT2D eigenvalue weighted by molar-refractivity contribution is 5.91. The number of hydrogen-bond acceptors (Lipinski definition) is 10. The highest BCUT2D eigenvalue weighted by Crippen LogP contribution is 2.39. The Kier molecular flexibility index (Phi) is 11.2. The number of fused-ring (bicyclic) bond motifs is 5. The van der Waals surface area contributed by atoms with E-state index < -0.39 is 5.97 Å². The summed E-state index contributed by atoms with van der Waals surface area (Å²) in [6.45, 7) is 10.1. The van der Waals surface area contributed by atoms with Gasteiger partial charge in [-0.3, -0.25) is 4.98 Å². The van der Waals surface area contributed by atoms with Gasteiger partial charge in [0.15, 0.2) is 11.5 Å². The maximum atomic E-state index is 13.1. The van der Waals surface area contributed by atoms with Crippen molar-refractivity contribution in [3.63, 3.8) is 0 Å². The van der Waals surface area contributed by atoms with Gasteiger partial charge in [-0.2, -0.15) is 0 Å². The lowest BCUT2D eigenvalue weighted by molar-refractivity contribution is 0.0221. The average Bonchev–Trinajstić information content (AvgIpc) is 3.19. The van der Waals surface area contributed by atoms with Gasteiger partial charge in [0.2, 0.25) is 5.75 Å². The van der Waals surface area contributed by atoms with Crippen LogP contribution in [0.25, 0.3) is 0 Å². The molecule has 0 aliphatic carbocycles. The standard InChI is InChI=1S/C31H43N3O7/c1-22-18-24(19-23(2)32-22)31(36)41-26-8-5-16-39-28-21-25(20-27(37-3)29(28)38-4)30(35)40-17-7-12-33-10-6-11-34(13-9-26)15-14-33/h18-21,26H,5-17H2,1-4H3. The Labute approximate surface area is 242 Å². The molecule has 0 amide bonds. The number of aromatic nitrogens is 1. The summed E-state index contributed by atoms with van der Waals surface area (Å²) < 4.78 is 28.7. The van der Waals surface area contributed by atoms with Gasteiger partial charge in [0.05, 0.1) is 38.6 Å². The minimum Gasteiger partial charge on any atom is -0.493 e. The quantitative estimate of drug-likeness (QED) is 0.501. The number of esters is 2. The van der Waals surface area contributed by atoms with Crippen molar-refractivity contribution in [2.75, 3.05) is 66.7 Å². The number of carbonyl (C=O) groups is 2. The van der Waals surface area contributed by atoms with E-state index in [1.165, 1.54) is 14.2 Å². The van der Waals surface area contributed by atoms with E-state index in [0.29, 0.717) is 54.4 Å². The fourth-order valence-corrected chi connectivity index (χ4v) is 5.42. The van der Waals surface area contributed by atoms with Crippen LogP contribution in [0.5, 0.6) is 17.2 Å². The number of hydrogen-bond donors (Lipinski definition) is 0. The van der Waals surface area contributed by atoms with Crippen LogP contribution < -0.4 is 14.2 Å². The zero-order valence-electron chi connectivity index (χ0n) is 24.8. The number of cyclic esters (lactones) is 1. The van der Waals surface area contributed by atoms with Crippen molar-refractivity contribution in [2.24, 2.45) is 0 Å². The summed E-state index contributed by atoms with van der Waals surface area (Å²) in [5.41, 5.74) is 2.44. The van der Waals surface area contributed by atoms with Crippen LogP contribution >= 0.6 is 0 Å². The second-order valence-corrected chi connectivity index (χ2v) is 10.7. The smallest absolute Gasteiger partial charge is 0.338 e. The van der Waals surface area contributed by atoms with Crippen LogP contribution in [-0.4, -0.2) is 99.5 Å². The van der Waals surface area contributed by atoms with Crippen molar-refractivity contribution in [3.8, 4) is 17.2 Å². The molecule has 10 heteroatoms. The summed E-state index contributed by atoms with van der Waals surface area (Å²) in [6, 6.07) is 6.77. The largest absolute Gasteiger partial charge is 0.493 e. The molecule has 3 heterocycles. The fraction of sp³-hybridized carbons (Fsp3) is 0.581. The molecule has 2 aromatic rings. The van der Waals surface area contributed by atoms with Crippen LogP contribution in [-0.2, 0) is 9.47 Å². The van der Waals surface area contributed by atoms with Gasteiger partial charge in [0, 0.05) is 37.6 Å². The summed E-state index contributed by atoms with van der Waals surface area (Å²) >= 11 is 0. The fourth-order valence-electron chi connectivity index (χ4n) is 5.42. The van der Waals surface area contributed by atoms with Crippen LogP contribution in [0.3, 0.4) is 0 Å². The Morgan fingerprint density at radius 3 is 2.22 bits per heavy atom. The Bertz CT molecular complexity index is 1170. The molecule has 0 N–H and O–H groups in total. The molecule has 3 unspecified atom stereocenters. The van der Waals surface area contributed by atoms with Gasteiger partial charge >= 0.3 is 11.9 Å². The zero-order chi connectivity index (χ0) is 29.2. The van der Waals surface area contributed by atoms with Gasteiger partial charge in [-0.1, -0.05) is 0 Å². The predicted octanol–water partition coefficient (Wildman–Crippen LogP) is 4.06. The molecule has 0 spiro atoms. The number of carbonyl (C=O) groups excluding carboxylic acids is 2. The van der Waals surface area contributed by atoms with Crippen LogP contribution in [0, 0.1) is 13.8 Å². The number of rotatable bonds is 4. The molecule has 4 bridgehead atoms. The Hall–Kier alpha value is -3.37. The van der Waals surface area contributed by atoms with Gasteiger partial charge in [-0.05, 0) is 83.3 Å². The number of nitrogens with zero attached hydrogens (tertiary/aromatic N) is 3. The number of methoxy groups -OCH3 is 2. The van der Waals surface area contributed by atoms with Crippen molar-refractivity contribution in [3.05, 3.63) is 46.8 Å². The Morgan fingerprint density at radius 2 is 1.51 bits per heavy atom. The highest BCUT2D eigenvalue weighted by atomic mass is 16.5. The average molecular weight is 570 g/mol. The van der Waals surface area contributed by atoms with E-state index in [0.717, 1.165) is 69.9 Å². The number of ether oxygens (including phenoxy) is 5. The Morgan fingerprint density at radius 1 is 0.829 bits per heavy atom. The van der Waals surface area contributed by atoms with E-state index in [2.05, 4.69) is 14.8 Å². The molecule has 1 aromatic heterocycles. The first-order valence-electron chi connectivity index (χ1n) is 14.5. The summed E-state index contributed by atoms with van der Waals surface area (Å²) in [5.74, 6) is 0.451. The number of pyridine rings is 1. The molecule has 41 heavy (non-hydrogen) atoms.